The van der Waals surface area contributed by atoms with Gasteiger partial charge < -0.3 is 10.2 Å². The lowest BCUT2D eigenvalue weighted by molar-refractivity contribution is 0.219. The van der Waals surface area contributed by atoms with E-state index in [1.165, 1.54) is 0 Å². The van der Waals surface area contributed by atoms with Gasteiger partial charge in [0.1, 0.15) is 5.54 Å². The minimum absolute atomic E-state index is 0.344. The Kier molecular flexibility index (Phi) is 5.99. The van der Waals surface area contributed by atoms with Crippen molar-refractivity contribution in [3.63, 3.8) is 0 Å². The molecule has 0 rings (SSSR count). The summed E-state index contributed by atoms with van der Waals surface area (Å²) in [6.45, 7) is 10.8. The molecule has 0 aromatic heterocycles. The molecule has 0 saturated carbocycles. The van der Waals surface area contributed by atoms with E-state index in [1.54, 1.807) is 0 Å². The number of nitrogens with one attached hydrogen (secondary N) is 1. The smallest absolute Gasteiger partial charge is 0.103 e. The van der Waals surface area contributed by atoms with Crippen LogP contribution in [0.5, 0.6) is 0 Å². The van der Waals surface area contributed by atoms with Crippen LogP contribution < -0.4 is 5.32 Å². The van der Waals surface area contributed by atoms with Gasteiger partial charge in [0.05, 0.1) is 6.07 Å². The van der Waals surface area contributed by atoms with Gasteiger partial charge in [-0.1, -0.05) is 20.8 Å². The molecule has 1 atom stereocenters. The van der Waals surface area contributed by atoms with Gasteiger partial charge in [0.15, 0.2) is 0 Å². The first kappa shape index (κ1) is 15.4. The van der Waals surface area contributed by atoms with Gasteiger partial charge in [0.25, 0.3) is 0 Å². The second-order valence-corrected chi connectivity index (χ2v) is 6.10. The zero-order valence-corrected chi connectivity index (χ0v) is 11.7. The minimum Gasteiger partial charge on any atom is -0.306 e. The Hall–Kier alpha value is -0.590. The van der Waals surface area contributed by atoms with Crippen LogP contribution in [0, 0.1) is 16.7 Å². The highest BCUT2D eigenvalue weighted by Gasteiger charge is 2.21. The summed E-state index contributed by atoms with van der Waals surface area (Å²) in [5.41, 5.74) is -0.0289. The lowest BCUT2D eigenvalue weighted by Gasteiger charge is -2.27. The number of rotatable bonds is 6. The summed E-state index contributed by atoms with van der Waals surface area (Å²) in [7, 11) is 4.00. The Balaban J connectivity index is 3.87. The summed E-state index contributed by atoms with van der Waals surface area (Å²) >= 11 is 0. The van der Waals surface area contributed by atoms with Crippen LogP contribution in [0.25, 0.3) is 0 Å². The predicted molar refractivity (Wildman–Crippen MR) is 69.3 cm³/mol. The highest BCUT2D eigenvalue weighted by Crippen LogP contribution is 2.15. The number of hydrogen-bond donors (Lipinski definition) is 1. The molecule has 1 unspecified atom stereocenters. The quantitative estimate of drug-likeness (QED) is 0.753. The largest absolute Gasteiger partial charge is 0.306 e. The van der Waals surface area contributed by atoms with Gasteiger partial charge in [0.2, 0.25) is 0 Å². The van der Waals surface area contributed by atoms with Crippen molar-refractivity contribution >= 4 is 0 Å². The van der Waals surface area contributed by atoms with Gasteiger partial charge in [-0.25, -0.2) is 0 Å². The molecule has 0 aliphatic heterocycles. The van der Waals surface area contributed by atoms with Crippen LogP contribution in [-0.2, 0) is 0 Å². The SMILES string of the molecule is CNC(C)(C#N)CCCN(C)CC(C)(C)C. The lowest BCUT2D eigenvalue weighted by Crippen LogP contribution is -2.39. The van der Waals surface area contributed by atoms with Crippen LogP contribution in [0.15, 0.2) is 0 Å². The van der Waals surface area contributed by atoms with Crippen LogP contribution >= 0.6 is 0 Å². The van der Waals surface area contributed by atoms with E-state index in [1.807, 2.05) is 14.0 Å². The molecule has 3 nitrogen and oxygen atoms in total. The zero-order chi connectivity index (χ0) is 12.8. The molecule has 1 N–H and O–H groups in total. The van der Waals surface area contributed by atoms with Crippen LogP contribution in [0.3, 0.4) is 0 Å². The lowest BCUT2D eigenvalue weighted by atomic mass is 9.95. The van der Waals surface area contributed by atoms with Crippen molar-refractivity contribution in [2.75, 3.05) is 27.2 Å². The first-order valence-corrected chi connectivity index (χ1v) is 6.01. The van der Waals surface area contributed by atoms with Crippen molar-refractivity contribution in [2.24, 2.45) is 5.41 Å². The Morgan fingerprint density at radius 2 is 1.81 bits per heavy atom. The second-order valence-electron chi connectivity index (χ2n) is 6.10. The van der Waals surface area contributed by atoms with E-state index in [4.69, 9.17) is 5.26 Å². The van der Waals surface area contributed by atoms with Gasteiger partial charge in [-0.15, -0.1) is 0 Å². The second kappa shape index (κ2) is 6.22. The summed E-state index contributed by atoms with van der Waals surface area (Å²) in [6.07, 6.45) is 1.95. The molecule has 0 amide bonds. The summed E-state index contributed by atoms with van der Waals surface area (Å²) in [6, 6.07) is 2.32. The molecule has 0 bridgehead atoms. The Labute approximate surface area is 101 Å². The van der Waals surface area contributed by atoms with E-state index in [2.05, 4.69) is 44.1 Å². The molecule has 3 heteroatoms. The molecule has 0 fully saturated rings. The average Bonchev–Trinajstić information content (AvgIpc) is 2.14. The van der Waals surface area contributed by atoms with Gasteiger partial charge in [-0.3, -0.25) is 0 Å². The molecular formula is C13H27N3. The molecule has 16 heavy (non-hydrogen) atoms. The number of nitrogens with zero attached hydrogens (tertiary/aromatic N) is 2. The van der Waals surface area contributed by atoms with E-state index in [9.17, 15) is 0 Å². The van der Waals surface area contributed by atoms with E-state index >= 15 is 0 Å². The highest BCUT2D eigenvalue weighted by molar-refractivity contribution is 5.02. The van der Waals surface area contributed by atoms with Gasteiger partial charge in [-0.05, 0) is 45.8 Å². The summed E-state index contributed by atoms with van der Waals surface area (Å²) in [5, 5.41) is 12.1. The summed E-state index contributed by atoms with van der Waals surface area (Å²) < 4.78 is 0. The van der Waals surface area contributed by atoms with Crippen molar-refractivity contribution in [2.45, 2.75) is 46.1 Å². The molecule has 0 aliphatic rings. The van der Waals surface area contributed by atoms with Crippen molar-refractivity contribution < 1.29 is 0 Å². The zero-order valence-electron chi connectivity index (χ0n) is 11.7. The summed E-state index contributed by atoms with van der Waals surface area (Å²) in [5.74, 6) is 0. The van der Waals surface area contributed by atoms with Crippen molar-refractivity contribution in [3.05, 3.63) is 0 Å². The first-order valence-electron chi connectivity index (χ1n) is 6.01. The molecule has 0 spiro atoms. The standard InChI is InChI=1S/C13H27N3/c1-12(2,3)11-16(6)9-7-8-13(4,10-14)15-5/h15H,7-9,11H2,1-6H3. The molecule has 0 saturated heterocycles. The fourth-order valence-corrected chi connectivity index (χ4v) is 1.83. The molecule has 0 heterocycles. The van der Waals surface area contributed by atoms with Crippen LogP contribution in [0.2, 0.25) is 0 Å². The van der Waals surface area contributed by atoms with E-state index in [-0.39, 0.29) is 5.54 Å². The van der Waals surface area contributed by atoms with Crippen LogP contribution in [0.1, 0.15) is 40.5 Å². The van der Waals surface area contributed by atoms with Crippen LogP contribution in [-0.4, -0.2) is 37.6 Å². The molecule has 0 aliphatic carbocycles. The van der Waals surface area contributed by atoms with Crippen LogP contribution in [0.4, 0.5) is 0 Å². The van der Waals surface area contributed by atoms with Gasteiger partial charge >= 0.3 is 0 Å². The molecule has 0 aromatic rings. The fraction of sp³-hybridized carbons (Fsp3) is 0.923. The Morgan fingerprint density at radius 1 is 1.25 bits per heavy atom. The van der Waals surface area contributed by atoms with Crippen molar-refractivity contribution in [1.82, 2.24) is 10.2 Å². The maximum atomic E-state index is 9.01. The topological polar surface area (TPSA) is 39.1 Å². The normalized spacial score (nSPS) is 15.9. The van der Waals surface area contributed by atoms with E-state index < -0.39 is 0 Å². The first-order chi connectivity index (χ1) is 7.22. The van der Waals surface area contributed by atoms with Crippen molar-refractivity contribution in [1.29, 1.82) is 5.26 Å². The monoisotopic (exact) mass is 225 g/mol. The third kappa shape index (κ3) is 6.81. The van der Waals surface area contributed by atoms with Crippen molar-refractivity contribution in [3.8, 4) is 6.07 Å². The minimum atomic E-state index is -0.372. The molecule has 94 valence electrons. The highest BCUT2D eigenvalue weighted by atomic mass is 15.1. The van der Waals surface area contributed by atoms with E-state index in [0.29, 0.717) is 5.41 Å². The number of nitriles is 1. The maximum Gasteiger partial charge on any atom is 0.103 e. The molecule has 0 aromatic carbocycles. The Bertz CT molecular complexity index is 237. The summed E-state index contributed by atoms with van der Waals surface area (Å²) in [4.78, 5) is 2.34. The van der Waals surface area contributed by atoms with Gasteiger partial charge in [0, 0.05) is 6.54 Å². The molecule has 0 radical (unpaired) electrons. The third-order valence-corrected chi connectivity index (χ3v) is 2.76. The predicted octanol–water partition coefficient (Wildman–Crippen LogP) is 2.25. The molecular weight excluding hydrogens is 198 g/mol. The maximum absolute atomic E-state index is 9.01. The Morgan fingerprint density at radius 3 is 2.19 bits per heavy atom. The van der Waals surface area contributed by atoms with E-state index in [0.717, 1.165) is 25.9 Å². The number of hydrogen-bond acceptors (Lipinski definition) is 3. The average molecular weight is 225 g/mol. The fourth-order valence-electron chi connectivity index (χ4n) is 1.83. The van der Waals surface area contributed by atoms with Gasteiger partial charge in [-0.2, -0.15) is 5.26 Å². The third-order valence-electron chi connectivity index (χ3n) is 2.76.